The van der Waals surface area contributed by atoms with Crippen molar-refractivity contribution in [3.8, 4) is 0 Å². The van der Waals surface area contributed by atoms with Gasteiger partial charge in [0.1, 0.15) is 0 Å². The van der Waals surface area contributed by atoms with Crippen molar-refractivity contribution in [3.63, 3.8) is 0 Å². The minimum Gasteiger partial charge on any atom is -0.390 e. The van der Waals surface area contributed by atoms with E-state index in [0.717, 1.165) is 28.3 Å². The fourth-order valence-electron chi connectivity index (χ4n) is 2.31. The molecular formula is C11H12BrN3O. The summed E-state index contributed by atoms with van der Waals surface area (Å²) in [5.41, 5.74) is 0.363. The van der Waals surface area contributed by atoms with E-state index in [1.807, 2.05) is 23.9 Å². The normalized spacial score (nSPS) is 29.3. The minimum atomic E-state index is -0.529. The van der Waals surface area contributed by atoms with Crippen molar-refractivity contribution in [2.75, 3.05) is 0 Å². The summed E-state index contributed by atoms with van der Waals surface area (Å²) in [6.45, 7) is 1.86. The molecule has 0 amide bonds. The zero-order valence-corrected chi connectivity index (χ0v) is 10.5. The zero-order valence-electron chi connectivity index (χ0n) is 8.89. The van der Waals surface area contributed by atoms with Gasteiger partial charge in [0, 0.05) is 16.1 Å². The Hall–Kier alpha value is -0.940. The number of aliphatic hydroxyl groups is 1. The van der Waals surface area contributed by atoms with Gasteiger partial charge in [-0.15, -0.1) is 0 Å². The first-order chi connectivity index (χ1) is 7.55. The third-order valence-electron chi connectivity index (χ3n) is 3.10. The summed E-state index contributed by atoms with van der Waals surface area (Å²) in [5, 5.41) is 15.1. The first-order valence-corrected chi connectivity index (χ1v) is 6.06. The molecule has 0 unspecified atom stereocenters. The highest BCUT2D eigenvalue weighted by Crippen LogP contribution is 2.41. The van der Waals surface area contributed by atoms with Gasteiger partial charge in [-0.25, -0.2) is 9.67 Å². The van der Waals surface area contributed by atoms with Crippen LogP contribution in [0.15, 0.2) is 22.9 Å². The maximum atomic E-state index is 9.73. The fourth-order valence-corrected chi connectivity index (χ4v) is 2.66. The van der Waals surface area contributed by atoms with Crippen molar-refractivity contribution < 1.29 is 5.11 Å². The van der Waals surface area contributed by atoms with Gasteiger partial charge < -0.3 is 5.11 Å². The zero-order chi connectivity index (χ0) is 11.3. The summed E-state index contributed by atoms with van der Waals surface area (Å²) in [7, 11) is 0. The summed E-state index contributed by atoms with van der Waals surface area (Å²) in [6, 6.07) is 2.28. The van der Waals surface area contributed by atoms with E-state index in [1.165, 1.54) is 0 Å². The van der Waals surface area contributed by atoms with Crippen molar-refractivity contribution >= 4 is 27.0 Å². The maximum Gasteiger partial charge on any atom is 0.158 e. The molecule has 2 heterocycles. The lowest BCUT2D eigenvalue weighted by molar-refractivity contribution is -0.0531. The number of hydrogen-bond donors (Lipinski definition) is 1. The van der Waals surface area contributed by atoms with Crippen LogP contribution in [0.25, 0.3) is 11.0 Å². The van der Waals surface area contributed by atoms with Gasteiger partial charge in [0.25, 0.3) is 0 Å². The highest BCUT2D eigenvalue weighted by Gasteiger charge is 2.40. The summed E-state index contributed by atoms with van der Waals surface area (Å²) >= 11 is 3.39. The number of halogens is 1. The Labute approximate surface area is 101 Å². The Balaban J connectivity index is 2.00. The van der Waals surface area contributed by atoms with Gasteiger partial charge in [-0.1, -0.05) is 0 Å². The molecule has 2 aromatic heterocycles. The molecule has 0 aromatic carbocycles. The number of fused-ring (bicyclic) bond motifs is 1. The molecule has 16 heavy (non-hydrogen) atoms. The van der Waals surface area contributed by atoms with Crippen LogP contribution < -0.4 is 0 Å². The van der Waals surface area contributed by atoms with Crippen molar-refractivity contribution in [2.24, 2.45) is 0 Å². The highest BCUT2D eigenvalue weighted by atomic mass is 79.9. The Morgan fingerprint density at radius 1 is 1.50 bits per heavy atom. The SMILES string of the molecule is CC1(O)CC(n2ncc3cc(Br)cnc32)C1. The van der Waals surface area contributed by atoms with E-state index in [1.54, 1.807) is 6.20 Å². The molecule has 0 spiro atoms. The van der Waals surface area contributed by atoms with Crippen LogP contribution in [0, 0.1) is 0 Å². The summed E-state index contributed by atoms with van der Waals surface area (Å²) < 4.78 is 2.87. The summed E-state index contributed by atoms with van der Waals surface area (Å²) in [5.74, 6) is 0. The van der Waals surface area contributed by atoms with Crippen LogP contribution in [0.4, 0.5) is 0 Å². The smallest absolute Gasteiger partial charge is 0.158 e. The van der Waals surface area contributed by atoms with E-state index in [0.29, 0.717) is 0 Å². The lowest BCUT2D eigenvalue weighted by atomic mass is 9.77. The van der Waals surface area contributed by atoms with E-state index < -0.39 is 5.60 Å². The van der Waals surface area contributed by atoms with Gasteiger partial charge in [-0.3, -0.25) is 0 Å². The molecule has 0 atom stereocenters. The molecule has 5 heteroatoms. The van der Waals surface area contributed by atoms with Crippen molar-refractivity contribution in [3.05, 3.63) is 22.9 Å². The Morgan fingerprint density at radius 2 is 2.25 bits per heavy atom. The molecule has 1 N–H and O–H groups in total. The van der Waals surface area contributed by atoms with E-state index in [9.17, 15) is 5.11 Å². The third kappa shape index (κ3) is 1.55. The summed E-state index contributed by atoms with van der Waals surface area (Å²) in [6.07, 6.45) is 5.10. The molecule has 0 aliphatic heterocycles. The largest absolute Gasteiger partial charge is 0.390 e. The number of nitrogens with zero attached hydrogens (tertiary/aromatic N) is 3. The van der Waals surface area contributed by atoms with E-state index in [2.05, 4.69) is 26.0 Å². The molecule has 1 saturated carbocycles. The van der Waals surface area contributed by atoms with Crippen LogP contribution in [0.5, 0.6) is 0 Å². The Kier molecular flexibility index (Phi) is 2.09. The molecule has 1 aliphatic carbocycles. The van der Waals surface area contributed by atoms with Gasteiger partial charge in [-0.05, 0) is 41.8 Å². The number of pyridine rings is 1. The standard InChI is InChI=1S/C11H12BrN3O/c1-11(16)3-9(4-11)15-10-7(5-14-15)2-8(12)6-13-10/h2,5-6,9,16H,3-4H2,1H3. The fraction of sp³-hybridized carbons (Fsp3) is 0.455. The second-order valence-electron chi connectivity index (χ2n) is 4.71. The molecule has 2 aromatic rings. The third-order valence-corrected chi connectivity index (χ3v) is 3.53. The van der Waals surface area contributed by atoms with E-state index in [4.69, 9.17) is 0 Å². The molecular weight excluding hydrogens is 270 g/mol. The monoisotopic (exact) mass is 281 g/mol. The lowest BCUT2D eigenvalue weighted by Crippen LogP contribution is -2.42. The van der Waals surface area contributed by atoms with Crippen molar-refractivity contribution in [1.82, 2.24) is 14.8 Å². The second-order valence-corrected chi connectivity index (χ2v) is 5.63. The number of hydrogen-bond acceptors (Lipinski definition) is 3. The molecule has 1 aliphatic rings. The number of aromatic nitrogens is 3. The minimum absolute atomic E-state index is 0.279. The molecule has 1 fully saturated rings. The van der Waals surface area contributed by atoms with Gasteiger partial charge >= 0.3 is 0 Å². The first-order valence-electron chi connectivity index (χ1n) is 5.26. The molecule has 0 radical (unpaired) electrons. The average Bonchev–Trinajstić information content (AvgIpc) is 2.56. The molecule has 0 bridgehead atoms. The molecule has 4 nitrogen and oxygen atoms in total. The highest BCUT2D eigenvalue weighted by molar-refractivity contribution is 9.10. The lowest BCUT2D eigenvalue weighted by Gasteiger charge is -2.40. The van der Waals surface area contributed by atoms with Crippen LogP contribution >= 0.6 is 15.9 Å². The van der Waals surface area contributed by atoms with Crippen LogP contribution in [0.3, 0.4) is 0 Å². The van der Waals surface area contributed by atoms with Gasteiger partial charge in [0.2, 0.25) is 0 Å². The topological polar surface area (TPSA) is 50.9 Å². The second kappa shape index (κ2) is 3.28. The van der Waals surface area contributed by atoms with E-state index in [-0.39, 0.29) is 6.04 Å². The van der Waals surface area contributed by atoms with Crippen LogP contribution in [0.1, 0.15) is 25.8 Å². The summed E-state index contributed by atoms with van der Waals surface area (Å²) in [4.78, 5) is 4.36. The maximum absolute atomic E-state index is 9.73. The Morgan fingerprint density at radius 3 is 2.94 bits per heavy atom. The van der Waals surface area contributed by atoms with Gasteiger partial charge in [0.15, 0.2) is 5.65 Å². The predicted molar refractivity (Wildman–Crippen MR) is 64.1 cm³/mol. The number of rotatable bonds is 1. The quantitative estimate of drug-likeness (QED) is 0.873. The Bertz CT molecular complexity index is 541. The van der Waals surface area contributed by atoms with Gasteiger partial charge in [0.05, 0.1) is 17.8 Å². The van der Waals surface area contributed by atoms with Crippen molar-refractivity contribution in [1.29, 1.82) is 0 Å². The van der Waals surface area contributed by atoms with Gasteiger partial charge in [-0.2, -0.15) is 5.10 Å². The van der Waals surface area contributed by atoms with Crippen LogP contribution in [-0.2, 0) is 0 Å². The average molecular weight is 282 g/mol. The van der Waals surface area contributed by atoms with Crippen molar-refractivity contribution in [2.45, 2.75) is 31.4 Å². The van der Waals surface area contributed by atoms with Crippen LogP contribution in [-0.4, -0.2) is 25.5 Å². The predicted octanol–water partition coefficient (Wildman–Crippen LogP) is 2.28. The first kappa shape index (κ1) is 10.2. The molecule has 3 rings (SSSR count). The van der Waals surface area contributed by atoms with Crippen LogP contribution in [0.2, 0.25) is 0 Å². The molecule has 84 valence electrons. The molecule has 0 saturated heterocycles. The van der Waals surface area contributed by atoms with E-state index >= 15 is 0 Å².